The highest BCUT2D eigenvalue weighted by Crippen LogP contribution is 2.23. The number of pyridine rings is 1. The Morgan fingerprint density at radius 2 is 1.83 bits per heavy atom. The average Bonchev–Trinajstić information content (AvgIpc) is 2.73. The van der Waals surface area contributed by atoms with Crippen LogP contribution in [0.15, 0.2) is 72.9 Å². The van der Waals surface area contributed by atoms with Crippen molar-refractivity contribution in [2.24, 2.45) is 0 Å². The zero-order valence-corrected chi connectivity index (χ0v) is 15.8. The van der Waals surface area contributed by atoms with Gasteiger partial charge in [-0.2, -0.15) is 0 Å². The molecular formula is C22H20FN3O3. The molecule has 0 aliphatic heterocycles. The Hall–Kier alpha value is -3.74. The van der Waals surface area contributed by atoms with Crippen LogP contribution in [-0.4, -0.2) is 35.3 Å². The van der Waals surface area contributed by atoms with E-state index in [9.17, 15) is 14.0 Å². The van der Waals surface area contributed by atoms with Crippen molar-refractivity contribution in [3.63, 3.8) is 0 Å². The van der Waals surface area contributed by atoms with Gasteiger partial charge in [-0.15, -0.1) is 0 Å². The third-order valence-corrected chi connectivity index (χ3v) is 4.11. The lowest BCUT2D eigenvalue weighted by Crippen LogP contribution is -2.38. The van der Waals surface area contributed by atoms with Crippen molar-refractivity contribution in [2.45, 2.75) is 6.42 Å². The highest BCUT2D eigenvalue weighted by molar-refractivity contribution is 6.39. The molecule has 0 fully saturated rings. The summed E-state index contributed by atoms with van der Waals surface area (Å²) in [4.78, 5) is 30.0. The largest absolute Gasteiger partial charge is 0.457 e. The number of aromatic nitrogens is 1. The van der Waals surface area contributed by atoms with Gasteiger partial charge in [0.2, 0.25) is 0 Å². The van der Waals surface area contributed by atoms with Crippen LogP contribution < -0.4 is 10.1 Å². The summed E-state index contributed by atoms with van der Waals surface area (Å²) in [5, 5.41) is 2.56. The molecule has 6 nitrogen and oxygen atoms in total. The molecule has 0 aliphatic rings. The highest BCUT2D eigenvalue weighted by atomic mass is 19.1. The van der Waals surface area contributed by atoms with E-state index in [4.69, 9.17) is 4.74 Å². The normalized spacial score (nSPS) is 10.3. The van der Waals surface area contributed by atoms with Gasteiger partial charge in [0, 0.05) is 43.7 Å². The number of hydrogen-bond donors (Lipinski definition) is 1. The first-order valence-corrected chi connectivity index (χ1v) is 9.01. The molecule has 0 saturated carbocycles. The van der Waals surface area contributed by atoms with E-state index in [1.54, 1.807) is 49.6 Å². The van der Waals surface area contributed by atoms with Gasteiger partial charge < -0.3 is 15.0 Å². The minimum Gasteiger partial charge on any atom is -0.457 e. The minimum atomic E-state index is -0.729. The Morgan fingerprint density at radius 3 is 2.52 bits per heavy atom. The molecule has 1 aromatic heterocycles. The third kappa shape index (κ3) is 5.87. The predicted molar refractivity (Wildman–Crippen MR) is 107 cm³/mol. The minimum absolute atomic E-state index is 0.367. The first-order chi connectivity index (χ1) is 14.0. The van der Waals surface area contributed by atoms with Crippen molar-refractivity contribution in [3.8, 4) is 11.5 Å². The van der Waals surface area contributed by atoms with Crippen molar-refractivity contribution < 1.29 is 18.7 Å². The summed E-state index contributed by atoms with van der Waals surface area (Å²) in [5.41, 5.74) is 1.30. The SMILES string of the molecule is CN(CCc1ccccn1)C(=O)C(=O)Nc1ccc(Oc2cccc(F)c2)cc1. The molecule has 3 aromatic rings. The first kappa shape index (κ1) is 20.0. The quantitative estimate of drug-likeness (QED) is 0.649. The zero-order valence-electron chi connectivity index (χ0n) is 15.8. The number of amides is 2. The highest BCUT2D eigenvalue weighted by Gasteiger charge is 2.18. The molecule has 1 N–H and O–H groups in total. The van der Waals surface area contributed by atoms with Crippen molar-refractivity contribution >= 4 is 17.5 Å². The standard InChI is InChI=1S/C22H20FN3O3/c1-26(14-12-17-6-2-3-13-24-17)22(28)21(27)25-18-8-10-19(11-9-18)29-20-7-4-5-16(23)15-20/h2-11,13,15H,12,14H2,1H3,(H,25,27). The van der Waals surface area contributed by atoms with Crippen LogP contribution in [0.2, 0.25) is 0 Å². The Morgan fingerprint density at radius 1 is 1.03 bits per heavy atom. The smallest absolute Gasteiger partial charge is 0.313 e. The van der Waals surface area contributed by atoms with Gasteiger partial charge in [-0.25, -0.2) is 4.39 Å². The predicted octanol–water partition coefficient (Wildman–Crippen LogP) is 3.65. The molecule has 0 unspecified atom stereocenters. The van der Waals surface area contributed by atoms with E-state index in [1.165, 1.54) is 17.0 Å². The molecule has 7 heteroatoms. The van der Waals surface area contributed by atoms with E-state index < -0.39 is 17.6 Å². The summed E-state index contributed by atoms with van der Waals surface area (Å²) in [6.45, 7) is 0.379. The zero-order chi connectivity index (χ0) is 20.6. The fourth-order valence-corrected chi connectivity index (χ4v) is 2.56. The molecular weight excluding hydrogens is 373 g/mol. The number of nitrogens with zero attached hydrogens (tertiary/aromatic N) is 2. The van der Waals surface area contributed by atoms with Gasteiger partial charge in [-0.05, 0) is 48.5 Å². The maximum Gasteiger partial charge on any atom is 0.313 e. The number of benzene rings is 2. The summed E-state index contributed by atoms with van der Waals surface area (Å²) < 4.78 is 18.7. The molecule has 2 amide bonds. The third-order valence-electron chi connectivity index (χ3n) is 4.11. The summed E-state index contributed by atoms with van der Waals surface area (Å²) >= 11 is 0. The molecule has 0 radical (unpaired) electrons. The first-order valence-electron chi connectivity index (χ1n) is 9.01. The number of hydrogen-bond acceptors (Lipinski definition) is 4. The van der Waals surface area contributed by atoms with Gasteiger partial charge in [-0.3, -0.25) is 14.6 Å². The van der Waals surface area contributed by atoms with Gasteiger partial charge in [0.15, 0.2) is 0 Å². The summed E-state index contributed by atoms with van der Waals surface area (Å²) in [6, 6.07) is 17.8. The Kier molecular flexibility index (Phi) is 6.52. The fraction of sp³-hybridized carbons (Fsp3) is 0.136. The number of halogens is 1. The molecule has 0 bridgehead atoms. The van der Waals surface area contributed by atoms with Crippen molar-refractivity contribution in [3.05, 3.63) is 84.4 Å². The fourth-order valence-electron chi connectivity index (χ4n) is 2.56. The summed E-state index contributed by atoms with van der Waals surface area (Å²) in [5.74, 6) is -0.913. The summed E-state index contributed by atoms with van der Waals surface area (Å²) in [7, 11) is 1.57. The second-order valence-electron chi connectivity index (χ2n) is 6.34. The van der Waals surface area contributed by atoms with Crippen molar-refractivity contribution in [1.29, 1.82) is 0 Å². The van der Waals surface area contributed by atoms with Gasteiger partial charge >= 0.3 is 11.8 Å². The Bertz CT molecular complexity index is 978. The van der Waals surface area contributed by atoms with Crippen LogP contribution in [0.25, 0.3) is 0 Å². The lowest BCUT2D eigenvalue weighted by Gasteiger charge is -2.16. The molecule has 1 heterocycles. The number of ether oxygens (including phenoxy) is 1. The maximum absolute atomic E-state index is 13.2. The van der Waals surface area contributed by atoms with Gasteiger partial charge in [0.25, 0.3) is 0 Å². The molecule has 0 atom stereocenters. The topological polar surface area (TPSA) is 71.5 Å². The van der Waals surface area contributed by atoms with E-state index in [0.29, 0.717) is 30.2 Å². The summed E-state index contributed by atoms with van der Waals surface area (Å²) in [6.07, 6.45) is 2.24. The van der Waals surface area contributed by atoms with Crippen LogP contribution in [-0.2, 0) is 16.0 Å². The van der Waals surface area contributed by atoms with E-state index >= 15 is 0 Å². The average molecular weight is 393 g/mol. The molecule has 0 aliphatic carbocycles. The van der Waals surface area contributed by atoms with Crippen molar-refractivity contribution in [2.75, 3.05) is 18.9 Å². The number of carbonyl (C=O) groups excluding carboxylic acids is 2. The van der Waals surface area contributed by atoms with E-state index in [-0.39, 0.29) is 0 Å². The lowest BCUT2D eigenvalue weighted by molar-refractivity contribution is -0.142. The Balaban J connectivity index is 1.52. The van der Waals surface area contributed by atoms with Crippen LogP contribution in [0.4, 0.5) is 10.1 Å². The van der Waals surface area contributed by atoms with Crippen LogP contribution in [0.5, 0.6) is 11.5 Å². The van der Waals surface area contributed by atoms with E-state index in [0.717, 1.165) is 5.69 Å². The van der Waals surface area contributed by atoms with Crippen LogP contribution in [0, 0.1) is 5.82 Å². The van der Waals surface area contributed by atoms with Gasteiger partial charge in [0.1, 0.15) is 17.3 Å². The number of nitrogens with one attached hydrogen (secondary N) is 1. The van der Waals surface area contributed by atoms with Gasteiger partial charge in [-0.1, -0.05) is 12.1 Å². The molecule has 29 heavy (non-hydrogen) atoms. The Labute approximate surface area is 168 Å². The van der Waals surface area contributed by atoms with E-state index in [1.807, 2.05) is 18.2 Å². The second kappa shape index (κ2) is 9.45. The van der Waals surface area contributed by atoms with Gasteiger partial charge in [0.05, 0.1) is 0 Å². The number of anilines is 1. The molecule has 3 rings (SSSR count). The molecule has 0 saturated heterocycles. The second-order valence-corrected chi connectivity index (χ2v) is 6.34. The number of carbonyl (C=O) groups is 2. The van der Waals surface area contributed by atoms with Crippen molar-refractivity contribution in [1.82, 2.24) is 9.88 Å². The lowest BCUT2D eigenvalue weighted by atomic mass is 10.2. The number of rotatable bonds is 6. The van der Waals surface area contributed by atoms with Crippen LogP contribution in [0.3, 0.4) is 0 Å². The molecule has 2 aromatic carbocycles. The number of likely N-dealkylation sites (N-methyl/N-ethyl adjacent to an activating group) is 1. The van der Waals surface area contributed by atoms with Crippen LogP contribution in [0.1, 0.15) is 5.69 Å². The maximum atomic E-state index is 13.2. The molecule has 0 spiro atoms. The van der Waals surface area contributed by atoms with E-state index in [2.05, 4.69) is 10.3 Å². The molecule has 148 valence electrons. The van der Waals surface area contributed by atoms with Crippen LogP contribution >= 0.6 is 0 Å². The monoisotopic (exact) mass is 393 g/mol.